The van der Waals surface area contributed by atoms with Crippen LogP contribution in [0.5, 0.6) is 5.75 Å². The number of hydrogen-bond donors (Lipinski definition) is 1. The summed E-state index contributed by atoms with van der Waals surface area (Å²) in [5.74, 6) is 0.967. The highest BCUT2D eigenvalue weighted by molar-refractivity contribution is 7.99. The summed E-state index contributed by atoms with van der Waals surface area (Å²) in [6.45, 7) is 4.16. The standard InChI is InChI=1S/C17H23NOS/c1-13(20-3)10-11-18-12-16-15-7-5-4-6-14(15)8-9-17(16)19-2/h4-9,13,18H,10-12H2,1-3H3. The first kappa shape index (κ1) is 15.2. The van der Waals surface area contributed by atoms with Gasteiger partial charge in [0, 0.05) is 17.4 Å². The van der Waals surface area contributed by atoms with E-state index in [-0.39, 0.29) is 0 Å². The molecule has 0 radical (unpaired) electrons. The summed E-state index contributed by atoms with van der Waals surface area (Å²) >= 11 is 1.92. The topological polar surface area (TPSA) is 21.3 Å². The van der Waals surface area contributed by atoms with Crippen molar-refractivity contribution in [2.45, 2.75) is 25.1 Å². The molecule has 0 bridgehead atoms. The molecule has 2 rings (SSSR count). The highest BCUT2D eigenvalue weighted by Gasteiger charge is 2.08. The minimum absolute atomic E-state index is 0.705. The first-order valence-corrected chi connectivity index (χ1v) is 8.33. The van der Waals surface area contributed by atoms with E-state index >= 15 is 0 Å². The van der Waals surface area contributed by atoms with Gasteiger partial charge in [0.05, 0.1) is 7.11 Å². The van der Waals surface area contributed by atoms with Gasteiger partial charge in [-0.05, 0) is 36.1 Å². The van der Waals surface area contributed by atoms with E-state index in [9.17, 15) is 0 Å². The van der Waals surface area contributed by atoms with Crippen LogP contribution in [0.15, 0.2) is 36.4 Å². The Labute approximate surface area is 125 Å². The first-order valence-electron chi connectivity index (χ1n) is 7.04. The molecule has 0 aliphatic heterocycles. The molecule has 0 saturated carbocycles. The molecule has 2 aromatic rings. The van der Waals surface area contributed by atoms with Crippen molar-refractivity contribution >= 4 is 22.5 Å². The van der Waals surface area contributed by atoms with Crippen LogP contribution in [-0.2, 0) is 6.54 Å². The Morgan fingerprint density at radius 2 is 2.00 bits per heavy atom. The van der Waals surface area contributed by atoms with Crippen LogP contribution < -0.4 is 10.1 Å². The van der Waals surface area contributed by atoms with E-state index in [1.807, 2.05) is 11.8 Å². The lowest BCUT2D eigenvalue weighted by Gasteiger charge is -2.14. The predicted octanol–water partition coefficient (Wildman–Crippen LogP) is 4.08. The van der Waals surface area contributed by atoms with Gasteiger partial charge in [0.2, 0.25) is 0 Å². The maximum Gasteiger partial charge on any atom is 0.123 e. The summed E-state index contributed by atoms with van der Waals surface area (Å²) in [6.07, 6.45) is 3.35. The van der Waals surface area contributed by atoms with Gasteiger partial charge in [0.1, 0.15) is 5.75 Å². The minimum atomic E-state index is 0.705. The quantitative estimate of drug-likeness (QED) is 0.776. The van der Waals surface area contributed by atoms with Crippen LogP contribution in [0.25, 0.3) is 10.8 Å². The molecule has 1 unspecified atom stereocenters. The monoisotopic (exact) mass is 289 g/mol. The summed E-state index contributed by atoms with van der Waals surface area (Å²) < 4.78 is 5.51. The number of thioether (sulfide) groups is 1. The van der Waals surface area contributed by atoms with Crippen LogP contribution in [0.2, 0.25) is 0 Å². The molecule has 1 N–H and O–H groups in total. The molecule has 0 amide bonds. The Morgan fingerprint density at radius 3 is 2.75 bits per heavy atom. The third-order valence-electron chi connectivity index (χ3n) is 3.65. The second kappa shape index (κ2) is 7.55. The highest BCUT2D eigenvalue weighted by atomic mass is 32.2. The van der Waals surface area contributed by atoms with Crippen molar-refractivity contribution in [1.82, 2.24) is 5.32 Å². The zero-order valence-corrected chi connectivity index (χ0v) is 13.3. The van der Waals surface area contributed by atoms with Crippen LogP contribution in [0.1, 0.15) is 18.9 Å². The third kappa shape index (κ3) is 3.68. The summed E-state index contributed by atoms with van der Waals surface area (Å²) in [6, 6.07) is 12.7. The van der Waals surface area contributed by atoms with Gasteiger partial charge in [0.25, 0.3) is 0 Å². The average molecular weight is 289 g/mol. The van der Waals surface area contributed by atoms with Gasteiger partial charge in [-0.1, -0.05) is 37.3 Å². The van der Waals surface area contributed by atoms with E-state index in [1.165, 1.54) is 22.8 Å². The van der Waals surface area contributed by atoms with Gasteiger partial charge >= 0.3 is 0 Å². The van der Waals surface area contributed by atoms with Gasteiger partial charge in [-0.3, -0.25) is 0 Å². The molecule has 0 spiro atoms. The average Bonchev–Trinajstić information content (AvgIpc) is 2.50. The van der Waals surface area contributed by atoms with E-state index in [0.717, 1.165) is 18.8 Å². The number of benzene rings is 2. The molecule has 0 aromatic heterocycles. The molecular weight excluding hydrogens is 266 g/mol. The van der Waals surface area contributed by atoms with Crippen molar-refractivity contribution in [3.05, 3.63) is 42.0 Å². The maximum atomic E-state index is 5.51. The Bertz CT molecular complexity index is 556. The van der Waals surface area contributed by atoms with Crippen LogP contribution in [-0.4, -0.2) is 25.2 Å². The van der Waals surface area contributed by atoms with Crippen LogP contribution >= 0.6 is 11.8 Å². The zero-order valence-electron chi connectivity index (χ0n) is 12.5. The van der Waals surface area contributed by atoms with E-state index < -0.39 is 0 Å². The normalized spacial score (nSPS) is 12.6. The SMILES string of the molecule is COc1ccc2ccccc2c1CNCCC(C)SC. The minimum Gasteiger partial charge on any atom is -0.496 e. The Hall–Kier alpha value is -1.19. The molecule has 20 heavy (non-hydrogen) atoms. The molecule has 0 aliphatic carbocycles. The number of fused-ring (bicyclic) bond motifs is 1. The fourth-order valence-electron chi connectivity index (χ4n) is 2.33. The van der Waals surface area contributed by atoms with E-state index in [1.54, 1.807) is 7.11 Å². The summed E-state index contributed by atoms with van der Waals surface area (Å²) in [5, 5.41) is 6.79. The van der Waals surface area contributed by atoms with Crippen LogP contribution in [0.4, 0.5) is 0 Å². The third-order valence-corrected chi connectivity index (χ3v) is 4.69. The number of hydrogen-bond acceptors (Lipinski definition) is 3. The molecule has 2 nitrogen and oxygen atoms in total. The summed E-state index contributed by atoms with van der Waals surface area (Å²) in [5.41, 5.74) is 1.25. The van der Waals surface area contributed by atoms with Gasteiger partial charge in [0.15, 0.2) is 0 Å². The van der Waals surface area contributed by atoms with E-state index in [4.69, 9.17) is 4.74 Å². The fourth-order valence-corrected chi connectivity index (χ4v) is 2.68. The molecule has 108 valence electrons. The Balaban J connectivity index is 2.11. The van der Waals surface area contributed by atoms with Crippen molar-refractivity contribution in [3.63, 3.8) is 0 Å². The number of rotatable bonds is 7. The molecule has 3 heteroatoms. The van der Waals surface area contributed by atoms with Crippen molar-refractivity contribution in [3.8, 4) is 5.75 Å². The van der Waals surface area contributed by atoms with Gasteiger partial charge < -0.3 is 10.1 Å². The first-order chi connectivity index (χ1) is 9.76. The number of nitrogens with one attached hydrogen (secondary N) is 1. The van der Waals surface area contributed by atoms with E-state index in [2.05, 4.69) is 54.9 Å². The second-order valence-electron chi connectivity index (χ2n) is 4.98. The van der Waals surface area contributed by atoms with Crippen molar-refractivity contribution < 1.29 is 4.74 Å². The summed E-state index contributed by atoms with van der Waals surface area (Å²) in [7, 11) is 1.74. The number of methoxy groups -OCH3 is 1. The van der Waals surface area contributed by atoms with Crippen molar-refractivity contribution in [2.75, 3.05) is 19.9 Å². The lowest BCUT2D eigenvalue weighted by molar-refractivity contribution is 0.408. The second-order valence-corrected chi connectivity index (χ2v) is 6.26. The molecule has 0 aliphatic rings. The molecule has 0 saturated heterocycles. The smallest absolute Gasteiger partial charge is 0.123 e. The van der Waals surface area contributed by atoms with Gasteiger partial charge in [-0.2, -0.15) is 11.8 Å². The molecular formula is C17H23NOS. The zero-order chi connectivity index (χ0) is 14.4. The molecule has 1 atom stereocenters. The van der Waals surface area contributed by atoms with Crippen LogP contribution in [0, 0.1) is 0 Å². The molecule has 0 fully saturated rings. The van der Waals surface area contributed by atoms with E-state index in [0.29, 0.717) is 5.25 Å². The molecule has 2 aromatic carbocycles. The van der Waals surface area contributed by atoms with Crippen molar-refractivity contribution in [2.24, 2.45) is 0 Å². The lowest BCUT2D eigenvalue weighted by atomic mass is 10.0. The predicted molar refractivity (Wildman–Crippen MR) is 89.8 cm³/mol. The summed E-state index contributed by atoms with van der Waals surface area (Å²) in [4.78, 5) is 0. The van der Waals surface area contributed by atoms with Crippen molar-refractivity contribution in [1.29, 1.82) is 0 Å². The number of ether oxygens (including phenoxy) is 1. The fraction of sp³-hybridized carbons (Fsp3) is 0.412. The lowest BCUT2D eigenvalue weighted by Crippen LogP contribution is -2.18. The Morgan fingerprint density at radius 1 is 1.20 bits per heavy atom. The molecule has 0 heterocycles. The van der Waals surface area contributed by atoms with Crippen LogP contribution in [0.3, 0.4) is 0 Å². The maximum absolute atomic E-state index is 5.51. The van der Waals surface area contributed by atoms with Gasteiger partial charge in [-0.15, -0.1) is 0 Å². The van der Waals surface area contributed by atoms with Gasteiger partial charge in [-0.25, -0.2) is 0 Å². The largest absolute Gasteiger partial charge is 0.496 e. The highest BCUT2D eigenvalue weighted by Crippen LogP contribution is 2.27. The Kier molecular flexibility index (Phi) is 5.74.